The van der Waals surface area contributed by atoms with Crippen molar-refractivity contribution in [3.8, 4) is 0 Å². The zero-order valence-corrected chi connectivity index (χ0v) is 17.5. The minimum atomic E-state index is -4.66. The van der Waals surface area contributed by atoms with Crippen LogP contribution in [0.2, 0.25) is 5.02 Å². The molecule has 0 aromatic heterocycles. The van der Waals surface area contributed by atoms with Gasteiger partial charge in [0.1, 0.15) is 0 Å². The van der Waals surface area contributed by atoms with Crippen LogP contribution < -0.4 is 10.6 Å². The van der Waals surface area contributed by atoms with Gasteiger partial charge in [0.05, 0.1) is 21.7 Å². The standard InChI is InChI=1S/C22H19ClF3N3O3/c23-18-9-7-13(11-17(18)22(24,25)26)28-21(32)27-12-6-8-15-16(10-12)20(31)29(19(15)30)14-4-2-1-3-5-14/h6-11,14H,1-5H2,(H2,27,28,32). The number of nitrogens with zero attached hydrogens (tertiary/aromatic N) is 1. The van der Waals surface area contributed by atoms with Crippen molar-refractivity contribution in [3.63, 3.8) is 0 Å². The molecule has 1 saturated carbocycles. The van der Waals surface area contributed by atoms with Gasteiger partial charge in [0.15, 0.2) is 0 Å². The quantitative estimate of drug-likeness (QED) is 0.551. The highest BCUT2D eigenvalue weighted by molar-refractivity contribution is 6.31. The second kappa shape index (κ2) is 8.46. The van der Waals surface area contributed by atoms with Crippen LogP contribution in [-0.4, -0.2) is 28.8 Å². The van der Waals surface area contributed by atoms with Gasteiger partial charge >= 0.3 is 12.2 Å². The number of anilines is 2. The molecule has 2 aliphatic rings. The lowest BCUT2D eigenvalue weighted by atomic mass is 9.94. The summed E-state index contributed by atoms with van der Waals surface area (Å²) in [5.74, 6) is -0.734. The highest BCUT2D eigenvalue weighted by Gasteiger charge is 2.40. The normalized spacial score (nSPS) is 16.8. The molecule has 4 amide bonds. The third-order valence-electron chi connectivity index (χ3n) is 5.65. The maximum atomic E-state index is 13.0. The summed E-state index contributed by atoms with van der Waals surface area (Å²) in [6.07, 6.45) is -0.0964. The van der Waals surface area contributed by atoms with E-state index in [1.165, 1.54) is 29.2 Å². The number of hydrogen-bond donors (Lipinski definition) is 2. The van der Waals surface area contributed by atoms with Gasteiger partial charge in [0.2, 0.25) is 0 Å². The lowest BCUT2D eigenvalue weighted by Crippen LogP contribution is -2.40. The summed E-state index contributed by atoms with van der Waals surface area (Å²) in [6.45, 7) is 0. The number of amides is 4. The van der Waals surface area contributed by atoms with E-state index in [0.717, 1.165) is 44.2 Å². The van der Waals surface area contributed by atoms with Crippen molar-refractivity contribution in [1.82, 2.24) is 4.90 Å². The van der Waals surface area contributed by atoms with Crippen molar-refractivity contribution in [2.75, 3.05) is 10.6 Å². The Morgan fingerprint density at radius 3 is 2.16 bits per heavy atom. The fourth-order valence-electron chi connectivity index (χ4n) is 4.12. The van der Waals surface area contributed by atoms with Crippen LogP contribution in [0.3, 0.4) is 0 Å². The largest absolute Gasteiger partial charge is 0.417 e. The Labute approximate surface area is 186 Å². The first-order valence-electron chi connectivity index (χ1n) is 10.1. The molecule has 0 spiro atoms. The molecule has 0 atom stereocenters. The molecule has 0 bridgehead atoms. The van der Waals surface area contributed by atoms with Crippen LogP contribution in [0.5, 0.6) is 0 Å². The topological polar surface area (TPSA) is 78.5 Å². The Balaban J connectivity index is 1.48. The van der Waals surface area contributed by atoms with Gasteiger partial charge in [-0.25, -0.2) is 4.79 Å². The summed E-state index contributed by atoms with van der Waals surface area (Å²) in [7, 11) is 0. The number of nitrogens with one attached hydrogen (secondary N) is 2. The molecule has 1 aliphatic carbocycles. The molecule has 0 radical (unpaired) electrons. The van der Waals surface area contributed by atoms with Crippen LogP contribution in [0.1, 0.15) is 58.4 Å². The summed E-state index contributed by atoms with van der Waals surface area (Å²) >= 11 is 5.58. The van der Waals surface area contributed by atoms with Gasteiger partial charge < -0.3 is 10.6 Å². The zero-order valence-electron chi connectivity index (χ0n) is 16.8. The number of halogens is 4. The molecule has 1 heterocycles. The maximum absolute atomic E-state index is 13.0. The number of fused-ring (bicyclic) bond motifs is 1. The van der Waals surface area contributed by atoms with Crippen molar-refractivity contribution in [3.05, 3.63) is 58.1 Å². The Hall–Kier alpha value is -3.07. The average Bonchev–Trinajstić information content (AvgIpc) is 2.99. The molecule has 1 aliphatic heterocycles. The second-order valence-electron chi connectivity index (χ2n) is 7.80. The van der Waals surface area contributed by atoms with Crippen molar-refractivity contribution in [2.45, 2.75) is 44.3 Å². The fourth-order valence-corrected chi connectivity index (χ4v) is 4.35. The predicted octanol–water partition coefficient (Wildman–Crippen LogP) is 5.93. The molecule has 0 unspecified atom stereocenters. The predicted molar refractivity (Wildman–Crippen MR) is 113 cm³/mol. The number of carbonyl (C=O) groups excluding carboxylic acids is 3. The Morgan fingerprint density at radius 1 is 0.906 bits per heavy atom. The lowest BCUT2D eigenvalue weighted by molar-refractivity contribution is -0.137. The molecule has 168 valence electrons. The monoisotopic (exact) mass is 465 g/mol. The van der Waals surface area contributed by atoms with Crippen molar-refractivity contribution in [1.29, 1.82) is 0 Å². The van der Waals surface area contributed by atoms with E-state index in [1.807, 2.05) is 0 Å². The molecule has 6 nitrogen and oxygen atoms in total. The third-order valence-corrected chi connectivity index (χ3v) is 5.97. The number of hydrogen-bond acceptors (Lipinski definition) is 3. The van der Waals surface area contributed by atoms with Crippen LogP contribution in [0.25, 0.3) is 0 Å². The van der Waals surface area contributed by atoms with Gasteiger partial charge in [0.25, 0.3) is 11.8 Å². The molecule has 1 fully saturated rings. The van der Waals surface area contributed by atoms with Crippen LogP contribution in [0.4, 0.5) is 29.3 Å². The third kappa shape index (κ3) is 4.29. The lowest BCUT2D eigenvalue weighted by Gasteiger charge is -2.29. The second-order valence-corrected chi connectivity index (χ2v) is 8.21. The van der Waals surface area contributed by atoms with E-state index >= 15 is 0 Å². The Bertz CT molecular complexity index is 1100. The first-order chi connectivity index (χ1) is 15.1. The summed E-state index contributed by atoms with van der Waals surface area (Å²) in [6, 6.07) is 6.43. The van der Waals surface area contributed by atoms with E-state index in [1.54, 1.807) is 0 Å². The Kier molecular flexibility index (Phi) is 5.85. The Morgan fingerprint density at radius 2 is 1.50 bits per heavy atom. The number of rotatable bonds is 3. The molecule has 2 aromatic rings. The molecule has 10 heteroatoms. The zero-order chi connectivity index (χ0) is 23.0. The summed E-state index contributed by atoms with van der Waals surface area (Å²) < 4.78 is 39.0. The average molecular weight is 466 g/mol. The van der Waals surface area contributed by atoms with Gasteiger partial charge in [-0.3, -0.25) is 14.5 Å². The van der Waals surface area contributed by atoms with Crippen LogP contribution in [0, 0.1) is 0 Å². The number of imide groups is 1. The van der Waals surface area contributed by atoms with Crippen molar-refractivity contribution in [2.24, 2.45) is 0 Å². The minimum Gasteiger partial charge on any atom is -0.308 e. The van der Waals surface area contributed by atoms with E-state index in [4.69, 9.17) is 11.6 Å². The molecular formula is C22H19ClF3N3O3. The smallest absolute Gasteiger partial charge is 0.308 e. The van der Waals surface area contributed by atoms with Crippen molar-refractivity contribution >= 4 is 40.8 Å². The number of urea groups is 1. The number of benzene rings is 2. The summed E-state index contributed by atoms with van der Waals surface area (Å²) in [5.41, 5.74) is -0.460. The van der Waals surface area contributed by atoms with E-state index in [9.17, 15) is 27.6 Å². The SMILES string of the molecule is O=C(Nc1ccc2c(c1)C(=O)N(C1CCCCC1)C2=O)Nc1ccc(Cl)c(C(F)(F)F)c1. The highest BCUT2D eigenvalue weighted by Crippen LogP contribution is 2.36. The highest BCUT2D eigenvalue weighted by atomic mass is 35.5. The van der Waals surface area contributed by atoms with Gasteiger partial charge in [-0.1, -0.05) is 30.9 Å². The van der Waals surface area contributed by atoms with E-state index in [0.29, 0.717) is 0 Å². The first-order valence-corrected chi connectivity index (χ1v) is 10.5. The molecule has 32 heavy (non-hydrogen) atoms. The summed E-state index contributed by atoms with van der Waals surface area (Å²) in [5, 5.41) is 4.30. The molecular weight excluding hydrogens is 447 g/mol. The van der Waals surface area contributed by atoms with Crippen LogP contribution in [-0.2, 0) is 6.18 Å². The van der Waals surface area contributed by atoms with E-state index < -0.39 is 28.7 Å². The molecule has 4 rings (SSSR count). The van der Waals surface area contributed by atoms with E-state index in [-0.39, 0.29) is 34.5 Å². The molecule has 2 N–H and O–H groups in total. The summed E-state index contributed by atoms with van der Waals surface area (Å²) in [4.78, 5) is 39.2. The molecule has 2 aromatic carbocycles. The molecule has 0 saturated heterocycles. The van der Waals surface area contributed by atoms with Gasteiger partial charge in [-0.2, -0.15) is 13.2 Å². The van der Waals surface area contributed by atoms with E-state index in [2.05, 4.69) is 10.6 Å². The van der Waals surface area contributed by atoms with Gasteiger partial charge in [0, 0.05) is 17.4 Å². The number of carbonyl (C=O) groups is 3. The fraction of sp³-hybridized carbons (Fsp3) is 0.318. The van der Waals surface area contributed by atoms with Crippen LogP contribution in [0.15, 0.2) is 36.4 Å². The van der Waals surface area contributed by atoms with Crippen molar-refractivity contribution < 1.29 is 27.6 Å². The number of alkyl halides is 3. The minimum absolute atomic E-state index is 0.102. The van der Waals surface area contributed by atoms with Gasteiger partial charge in [-0.05, 0) is 49.2 Å². The maximum Gasteiger partial charge on any atom is 0.417 e. The van der Waals surface area contributed by atoms with Gasteiger partial charge in [-0.15, -0.1) is 0 Å². The van der Waals surface area contributed by atoms with Crippen LogP contribution >= 0.6 is 11.6 Å². The first kappa shape index (κ1) is 22.1.